The van der Waals surface area contributed by atoms with Crippen LogP contribution in [0.5, 0.6) is 0 Å². The van der Waals surface area contributed by atoms with Gasteiger partial charge in [0.2, 0.25) is 0 Å². The summed E-state index contributed by atoms with van der Waals surface area (Å²) in [6.45, 7) is 0. The van der Waals surface area contributed by atoms with Crippen LogP contribution in [0.4, 0.5) is 34.1 Å². The maximum absolute atomic E-state index is 5.21. The van der Waals surface area contributed by atoms with Gasteiger partial charge in [0, 0.05) is 166 Å². The van der Waals surface area contributed by atoms with Gasteiger partial charge >= 0.3 is 28.4 Å². The van der Waals surface area contributed by atoms with Crippen molar-refractivity contribution >= 4 is 40.3 Å². The van der Waals surface area contributed by atoms with Gasteiger partial charge in [-0.1, -0.05) is 18.2 Å². The lowest BCUT2D eigenvalue weighted by molar-refractivity contribution is -0.670. The highest BCUT2D eigenvalue weighted by atomic mass is 15.2. The van der Waals surface area contributed by atoms with Gasteiger partial charge in [-0.05, 0) is 12.1 Å². The molecule has 5 heterocycles. The fraction of sp³-hybridized carbons (Fsp3) is 0.208. The second kappa shape index (κ2) is 17.2. The summed E-state index contributed by atoms with van der Waals surface area (Å²) in [6.07, 6.45) is 23.6. The third-order valence-corrected chi connectivity index (χ3v) is 10.4. The average molecular weight is 787 g/mol. The molecule has 0 atom stereocenters. The summed E-state index contributed by atoms with van der Waals surface area (Å²) >= 11 is 0. The van der Waals surface area contributed by atoms with Gasteiger partial charge in [0.15, 0.2) is 67.5 Å². The molecule has 0 N–H and O–H groups in total. The van der Waals surface area contributed by atoms with Crippen molar-refractivity contribution in [1.82, 2.24) is 0 Å². The Bertz CT molecular complexity index is 2400. The molecule has 298 valence electrons. The zero-order valence-electron chi connectivity index (χ0n) is 35.9. The molecular formula is C48H56N11+5. The van der Waals surface area contributed by atoms with Crippen molar-refractivity contribution in [2.75, 3.05) is 95.0 Å². The number of aliphatic imine (C=N–C) groups is 1. The van der Waals surface area contributed by atoms with Gasteiger partial charge in [-0.15, -0.1) is 0 Å². The predicted molar refractivity (Wildman–Crippen MR) is 239 cm³/mol. The number of nitrogens with zero attached hydrogens (tertiary/aromatic N) is 11. The van der Waals surface area contributed by atoms with Crippen molar-refractivity contribution in [3.05, 3.63) is 159 Å². The van der Waals surface area contributed by atoms with E-state index in [9.17, 15) is 0 Å². The van der Waals surface area contributed by atoms with E-state index in [0.717, 1.165) is 68.1 Å². The Hall–Kier alpha value is -7.14. The molecule has 0 aliphatic rings. The largest absolute Gasteiger partial charge is 0.377 e. The smallest absolute Gasteiger partial charge is 0.370 e. The van der Waals surface area contributed by atoms with Crippen LogP contribution >= 0.6 is 0 Å². The molecule has 0 saturated carbocycles. The molecule has 2 aromatic carbocycles. The van der Waals surface area contributed by atoms with E-state index >= 15 is 0 Å². The number of rotatable bonds is 12. The van der Waals surface area contributed by atoms with Crippen LogP contribution in [0.15, 0.2) is 158 Å². The van der Waals surface area contributed by atoms with E-state index in [1.165, 1.54) is 0 Å². The van der Waals surface area contributed by atoms with E-state index in [1.54, 1.807) is 0 Å². The predicted octanol–water partition coefficient (Wildman–Crippen LogP) is 5.15. The zero-order valence-corrected chi connectivity index (χ0v) is 35.9. The Morgan fingerprint density at radius 1 is 0.322 bits per heavy atom. The number of para-hydroxylation sites is 1. The first kappa shape index (κ1) is 40.1. The topological polar surface area (TPSA) is 48.0 Å². The fourth-order valence-corrected chi connectivity index (χ4v) is 7.06. The van der Waals surface area contributed by atoms with Crippen LogP contribution in [-0.2, 0) is 0 Å². The molecular weight excluding hydrogens is 731 g/mol. The minimum Gasteiger partial charge on any atom is -0.377 e. The summed E-state index contributed by atoms with van der Waals surface area (Å²) in [5.74, 6) is 0. The summed E-state index contributed by atoms with van der Waals surface area (Å²) in [5, 5.41) is 0. The quantitative estimate of drug-likeness (QED) is 0.127. The molecule has 0 fully saturated rings. The number of pyridine rings is 5. The van der Waals surface area contributed by atoms with Gasteiger partial charge in [0.25, 0.3) is 0 Å². The number of hydrogen-bond acceptors (Lipinski definition) is 6. The Balaban J connectivity index is 1.74. The van der Waals surface area contributed by atoms with Gasteiger partial charge in [-0.3, -0.25) is 4.99 Å². The maximum atomic E-state index is 5.21. The lowest BCUT2D eigenvalue weighted by atomic mass is 10.0. The third-order valence-electron chi connectivity index (χ3n) is 10.4. The highest BCUT2D eigenvalue weighted by Gasteiger charge is 2.48. The highest BCUT2D eigenvalue weighted by molar-refractivity contribution is 5.94. The molecule has 5 aromatic heterocycles. The normalized spacial score (nSPS) is 11.2. The summed E-state index contributed by atoms with van der Waals surface area (Å²) in [5.41, 5.74) is 12.1. The van der Waals surface area contributed by atoms with Crippen LogP contribution in [0, 0.1) is 0 Å². The molecule has 11 nitrogen and oxygen atoms in total. The summed E-state index contributed by atoms with van der Waals surface area (Å²) in [4.78, 5) is 15.8. The van der Waals surface area contributed by atoms with Crippen LogP contribution in [0.2, 0.25) is 0 Å². The molecule has 11 heteroatoms. The van der Waals surface area contributed by atoms with Crippen LogP contribution < -0.4 is 47.3 Å². The zero-order chi connectivity index (χ0) is 41.8. The van der Waals surface area contributed by atoms with E-state index in [2.05, 4.69) is 240 Å². The van der Waals surface area contributed by atoms with Crippen molar-refractivity contribution < 1.29 is 22.8 Å². The van der Waals surface area contributed by atoms with Crippen LogP contribution in [0.25, 0.3) is 28.4 Å². The minimum atomic E-state index is 0.858. The minimum absolute atomic E-state index is 0.858. The van der Waals surface area contributed by atoms with E-state index in [1.807, 2.05) is 36.5 Å². The Morgan fingerprint density at radius 2 is 0.559 bits per heavy atom. The molecule has 0 spiro atoms. The van der Waals surface area contributed by atoms with Gasteiger partial charge in [0.05, 0.1) is 5.69 Å². The fourth-order valence-electron chi connectivity index (χ4n) is 7.06. The summed E-state index contributed by atoms with van der Waals surface area (Å²) in [7, 11) is 20.7. The van der Waals surface area contributed by atoms with E-state index < -0.39 is 0 Å². The second-order valence-electron chi connectivity index (χ2n) is 15.5. The van der Waals surface area contributed by atoms with E-state index in [4.69, 9.17) is 4.99 Å². The van der Waals surface area contributed by atoms with Crippen molar-refractivity contribution in [3.8, 4) is 28.4 Å². The molecule has 0 bridgehead atoms. The molecule has 0 unspecified atom stereocenters. The van der Waals surface area contributed by atoms with E-state index in [0.29, 0.717) is 0 Å². The SMILES string of the molecule is CN(C)c1cc[n+](-c2c(C=Nc3ccccc3)c(-[n+]3ccc(N(C)C)cc3)c(-[n+]3ccc(N(C)C)cc3)c(-[n+]3ccc(N(C)C)cc3)c2-[n+]2ccc(N(C)C)cc2)cc1. The molecule has 0 saturated heterocycles. The van der Waals surface area contributed by atoms with Gasteiger partial charge in [-0.25, -0.2) is 0 Å². The first-order valence-electron chi connectivity index (χ1n) is 19.7. The number of anilines is 5. The Kier molecular flexibility index (Phi) is 11.6. The molecule has 0 aliphatic heterocycles. The second-order valence-corrected chi connectivity index (χ2v) is 15.5. The van der Waals surface area contributed by atoms with Gasteiger partial charge in [0.1, 0.15) is 0 Å². The molecule has 7 aromatic rings. The number of hydrogen-bond donors (Lipinski definition) is 0. The Morgan fingerprint density at radius 3 is 0.814 bits per heavy atom. The number of aromatic nitrogens is 5. The van der Waals surface area contributed by atoms with Gasteiger partial charge in [-0.2, -0.15) is 22.8 Å². The third kappa shape index (κ3) is 8.45. The lowest BCUT2D eigenvalue weighted by Gasteiger charge is -2.15. The lowest BCUT2D eigenvalue weighted by Crippen LogP contribution is -2.51. The molecule has 59 heavy (non-hydrogen) atoms. The average Bonchev–Trinajstić information content (AvgIpc) is 3.25. The molecule has 0 aliphatic carbocycles. The van der Waals surface area contributed by atoms with Crippen molar-refractivity contribution in [2.24, 2.45) is 4.99 Å². The van der Waals surface area contributed by atoms with Crippen LogP contribution in [-0.4, -0.2) is 76.7 Å². The van der Waals surface area contributed by atoms with E-state index in [-0.39, 0.29) is 0 Å². The first-order valence-corrected chi connectivity index (χ1v) is 19.7. The highest BCUT2D eigenvalue weighted by Crippen LogP contribution is 2.32. The monoisotopic (exact) mass is 786 g/mol. The van der Waals surface area contributed by atoms with Gasteiger partial charge < -0.3 is 24.5 Å². The summed E-state index contributed by atoms with van der Waals surface area (Å²) < 4.78 is 11.2. The first-order chi connectivity index (χ1) is 28.4. The number of benzene rings is 2. The van der Waals surface area contributed by atoms with Crippen molar-refractivity contribution in [2.45, 2.75) is 0 Å². The van der Waals surface area contributed by atoms with Crippen molar-refractivity contribution in [1.29, 1.82) is 0 Å². The molecule has 0 amide bonds. The standard InChI is InChI=1S/C48H56N11/c1-50(2)38-16-26-55(27-17-38)44-43(36-49-37-14-12-11-13-15-37)45(56-28-18-39(19-29-56)51(3)4)47(58-32-22-41(23-33-58)53(7)8)48(59-34-24-42(25-35-59)54(9)10)46(44)57-30-20-40(21-31-57)52(5)6/h11-36H,1-10H3/q+5. The summed E-state index contributed by atoms with van der Waals surface area (Å²) in [6, 6.07) is 31.7. The van der Waals surface area contributed by atoms with Crippen LogP contribution in [0.3, 0.4) is 0 Å². The van der Waals surface area contributed by atoms with Crippen molar-refractivity contribution in [3.63, 3.8) is 0 Å². The Labute approximate surface area is 349 Å². The molecule has 0 radical (unpaired) electrons. The molecule has 7 rings (SSSR count). The van der Waals surface area contributed by atoms with Crippen LogP contribution in [0.1, 0.15) is 5.56 Å². The maximum Gasteiger partial charge on any atom is 0.370 e.